The summed E-state index contributed by atoms with van der Waals surface area (Å²) in [5.74, 6) is 0. The molecule has 0 saturated carbocycles. The van der Waals surface area contributed by atoms with Gasteiger partial charge in [-0.1, -0.05) is 103 Å². The lowest BCUT2D eigenvalue weighted by Crippen LogP contribution is -2.10. The average molecular weight is 799 g/mol. The number of anilines is 6. The third kappa shape index (κ3) is 4.61. The van der Waals surface area contributed by atoms with E-state index in [1.165, 1.54) is 0 Å². The van der Waals surface area contributed by atoms with Crippen molar-refractivity contribution in [1.29, 1.82) is 5.26 Å². The molecule has 62 heavy (non-hydrogen) atoms. The summed E-state index contributed by atoms with van der Waals surface area (Å²) in [6.07, 6.45) is 0. The molecule has 0 bridgehead atoms. The summed E-state index contributed by atoms with van der Waals surface area (Å²) in [5, 5.41) is 17.2. The van der Waals surface area contributed by atoms with Gasteiger partial charge >= 0.3 is 0 Å². The predicted molar refractivity (Wildman–Crippen MR) is 256 cm³/mol. The molecule has 286 valence electrons. The van der Waals surface area contributed by atoms with Gasteiger partial charge < -0.3 is 18.6 Å². The molecule has 6 heteroatoms. The molecule has 0 aliphatic rings. The molecule has 4 aromatic heterocycles. The monoisotopic (exact) mass is 798 g/mol. The largest absolute Gasteiger partial charge is 0.311 e. The maximum Gasteiger partial charge on any atom is 0.189 e. The van der Waals surface area contributed by atoms with E-state index < -0.39 is 36.3 Å². The van der Waals surface area contributed by atoms with Crippen LogP contribution in [0.25, 0.3) is 81.0 Å². The molecule has 13 aromatic rings. The normalized spacial score (nSPS) is 14.1. The van der Waals surface area contributed by atoms with Gasteiger partial charge in [-0.3, -0.25) is 0 Å². The number of hydrogen-bond donors (Lipinski definition) is 0. The SMILES string of the molecule is [2H]c1c([2H])c([2H])c(N(c2cccc(C#N)c2)c2cccc3c2c2cccc4c5cc6c(cc5n3c42)c2cccc3c4c(N(c5cccc([N+]#[C-])c5)c5c([2H])c([2H])c([2H])c([2H])c5[2H])cccc4n6c23)c([2H])c1[2H]. The van der Waals surface area contributed by atoms with E-state index >= 15 is 0 Å². The fraction of sp³-hybridized carbons (Fsp3) is 0. The number of rotatable bonds is 6. The standard InChI is InChI=1S/C56H32N6/c1-58-36-15-9-21-40(31-36)60(38-18-6-3-7-19-38)48-27-13-29-50-54(48)44-25-11-23-42-46-32-51-45(33-52(46)62(50)56(42)44)41-22-10-24-43-53-47(26-12-28-49(53)61(51)55(41)43)59(37-16-4-2-5-17-37)39-20-8-14-35(30-39)34-57/h2-33H/i2D,3D,4D,5D,6D,7D,16D,17D,18D,19D. The quantitative estimate of drug-likeness (QED) is 0.157. The molecular weight excluding hydrogens is 757 g/mol. The van der Waals surface area contributed by atoms with Crippen molar-refractivity contribution in [3.63, 3.8) is 0 Å². The van der Waals surface area contributed by atoms with Gasteiger partial charge in [0.05, 0.1) is 76.4 Å². The summed E-state index contributed by atoms with van der Waals surface area (Å²) >= 11 is 0. The van der Waals surface area contributed by atoms with Crippen LogP contribution in [-0.4, -0.2) is 8.80 Å². The highest BCUT2D eigenvalue weighted by Gasteiger charge is 2.27. The van der Waals surface area contributed by atoms with Crippen LogP contribution in [0.3, 0.4) is 0 Å². The topological polar surface area (TPSA) is 43.5 Å². The van der Waals surface area contributed by atoms with Gasteiger partial charge in [-0.2, -0.15) is 5.26 Å². The second kappa shape index (κ2) is 12.8. The number of nitriles is 1. The predicted octanol–water partition coefficient (Wildman–Crippen LogP) is 15.3. The zero-order valence-electron chi connectivity index (χ0n) is 42.4. The lowest BCUT2D eigenvalue weighted by atomic mass is 10.0. The second-order valence-electron chi connectivity index (χ2n) is 15.2. The molecule has 0 fully saturated rings. The van der Waals surface area contributed by atoms with E-state index in [1.807, 2.05) is 60.7 Å². The molecule has 0 atom stereocenters. The van der Waals surface area contributed by atoms with Crippen molar-refractivity contribution in [3.8, 4) is 6.07 Å². The third-order valence-electron chi connectivity index (χ3n) is 12.1. The molecule has 0 amide bonds. The van der Waals surface area contributed by atoms with Crippen LogP contribution in [0.1, 0.15) is 19.3 Å². The van der Waals surface area contributed by atoms with Gasteiger partial charge in [0.15, 0.2) is 5.69 Å². The molecule has 0 unspecified atom stereocenters. The first-order chi connectivity index (χ1) is 34.8. The van der Waals surface area contributed by atoms with Crippen LogP contribution in [0.15, 0.2) is 194 Å². The molecule has 0 spiro atoms. The molecule has 0 aliphatic heterocycles. The number of aromatic nitrogens is 2. The molecule has 13 rings (SSSR count). The van der Waals surface area contributed by atoms with E-state index in [1.54, 1.807) is 58.3 Å². The summed E-state index contributed by atoms with van der Waals surface area (Å²) in [5.41, 5.74) is 7.98. The fourth-order valence-corrected chi connectivity index (χ4v) is 9.78. The molecular formula is C56H32N6. The van der Waals surface area contributed by atoms with E-state index in [4.69, 9.17) is 20.3 Å². The van der Waals surface area contributed by atoms with E-state index in [9.17, 15) is 5.26 Å². The van der Waals surface area contributed by atoms with Crippen molar-refractivity contribution in [1.82, 2.24) is 8.80 Å². The second-order valence-corrected chi connectivity index (χ2v) is 15.2. The highest BCUT2D eigenvalue weighted by molar-refractivity contribution is 6.31. The lowest BCUT2D eigenvalue weighted by molar-refractivity contribution is 1.29. The van der Waals surface area contributed by atoms with Gasteiger partial charge in [0.2, 0.25) is 0 Å². The Hall–Kier alpha value is -8.84. The van der Waals surface area contributed by atoms with Crippen LogP contribution in [0, 0.1) is 17.9 Å². The van der Waals surface area contributed by atoms with E-state index in [2.05, 4.69) is 44.0 Å². The van der Waals surface area contributed by atoms with Crippen LogP contribution in [0.4, 0.5) is 39.8 Å². The molecule has 4 heterocycles. The molecule has 9 aromatic carbocycles. The lowest BCUT2D eigenvalue weighted by Gasteiger charge is -2.26. The number of nitrogens with zero attached hydrogens (tertiary/aromatic N) is 6. The Labute approximate surface area is 369 Å². The molecule has 6 nitrogen and oxygen atoms in total. The zero-order valence-corrected chi connectivity index (χ0v) is 32.4. The Morgan fingerprint density at radius 2 is 0.935 bits per heavy atom. The van der Waals surface area contributed by atoms with Crippen molar-refractivity contribution in [3.05, 3.63) is 211 Å². The molecule has 0 aliphatic carbocycles. The van der Waals surface area contributed by atoms with Crippen molar-refractivity contribution >= 4 is 116 Å². The number of fused-ring (bicyclic) bond motifs is 12. The van der Waals surface area contributed by atoms with Crippen LogP contribution < -0.4 is 9.80 Å². The van der Waals surface area contributed by atoms with E-state index in [0.29, 0.717) is 34.0 Å². The van der Waals surface area contributed by atoms with Crippen LogP contribution >= 0.6 is 0 Å². The average Bonchev–Trinajstić information content (AvgIpc) is 4.14. The molecule has 0 radical (unpaired) electrons. The van der Waals surface area contributed by atoms with Gasteiger partial charge in [0.1, 0.15) is 0 Å². The van der Waals surface area contributed by atoms with Gasteiger partial charge in [-0.05, 0) is 90.9 Å². The minimum absolute atomic E-state index is 0.0412. The summed E-state index contributed by atoms with van der Waals surface area (Å²) < 4.78 is 92.3. The van der Waals surface area contributed by atoms with Gasteiger partial charge in [-0.15, -0.1) is 0 Å². The van der Waals surface area contributed by atoms with Crippen molar-refractivity contribution in [2.45, 2.75) is 0 Å². The van der Waals surface area contributed by atoms with Crippen molar-refractivity contribution in [2.75, 3.05) is 9.80 Å². The Kier molecular flexibility index (Phi) is 5.30. The molecule has 0 N–H and O–H groups in total. The first-order valence-electron chi connectivity index (χ1n) is 24.9. The number of para-hydroxylation sites is 4. The third-order valence-corrected chi connectivity index (χ3v) is 12.1. The first kappa shape index (κ1) is 25.6. The highest BCUT2D eigenvalue weighted by atomic mass is 15.2. The Balaban J connectivity index is 1.10. The van der Waals surface area contributed by atoms with Gasteiger partial charge in [-0.25, -0.2) is 4.85 Å². The fourth-order valence-electron chi connectivity index (χ4n) is 9.78. The van der Waals surface area contributed by atoms with Crippen molar-refractivity contribution < 1.29 is 13.7 Å². The van der Waals surface area contributed by atoms with Crippen LogP contribution in [0.2, 0.25) is 0 Å². The minimum atomic E-state index is -0.508. The molecule has 0 saturated heterocycles. The smallest absolute Gasteiger partial charge is 0.189 e. The number of hydrogen-bond acceptors (Lipinski definition) is 3. The highest BCUT2D eigenvalue weighted by Crippen LogP contribution is 2.50. The Morgan fingerprint density at radius 3 is 1.45 bits per heavy atom. The Morgan fingerprint density at radius 1 is 0.468 bits per heavy atom. The van der Waals surface area contributed by atoms with Crippen LogP contribution in [-0.2, 0) is 0 Å². The summed E-state index contributed by atoms with van der Waals surface area (Å²) in [4.78, 5) is 7.00. The summed E-state index contributed by atoms with van der Waals surface area (Å²) in [7, 11) is 0. The summed E-state index contributed by atoms with van der Waals surface area (Å²) in [6, 6.07) is 39.5. The minimum Gasteiger partial charge on any atom is -0.311 e. The van der Waals surface area contributed by atoms with E-state index in [-0.39, 0.29) is 35.5 Å². The van der Waals surface area contributed by atoms with Crippen LogP contribution in [0.5, 0.6) is 0 Å². The zero-order chi connectivity index (χ0) is 49.8. The number of benzene rings is 9. The maximum atomic E-state index is 9.98. The van der Waals surface area contributed by atoms with E-state index in [0.717, 1.165) is 76.2 Å². The first-order valence-corrected chi connectivity index (χ1v) is 19.9. The van der Waals surface area contributed by atoms with Gasteiger partial charge in [0.25, 0.3) is 0 Å². The summed E-state index contributed by atoms with van der Waals surface area (Å²) in [6.45, 7) is 7.81. The maximum absolute atomic E-state index is 9.98. The van der Waals surface area contributed by atoms with Crippen molar-refractivity contribution in [2.24, 2.45) is 0 Å². The Bertz CT molecular complexity index is 4290. The van der Waals surface area contributed by atoms with Gasteiger partial charge in [0, 0.05) is 65.8 Å².